The van der Waals surface area contributed by atoms with E-state index in [1.165, 1.54) is 96.3 Å². The van der Waals surface area contributed by atoms with Crippen LogP contribution in [-0.2, 0) is 33.3 Å². The second-order valence-corrected chi connectivity index (χ2v) is 22.0. The summed E-state index contributed by atoms with van der Waals surface area (Å²) in [6, 6.07) is 0. The summed E-state index contributed by atoms with van der Waals surface area (Å²) in [5, 5.41) is 11.8. The number of hydrogen-bond donors (Lipinski definition) is 0. The molecule has 79 heavy (non-hydrogen) atoms. The van der Waals surface area contributed by atoms with E-state index in [-0.39, 0.29) is 38.6 Å². The summed E-state index contributed by atoms with van der Waals surface area (Å²) in [6.07, 6.45) is 81.1. The molecular formula is C70H117NO8. The Bertz CT molecular complexity index is 1710. The maximum absolute atomic E-state index is 12.9. The number of carbonyl (C=O) groups excluding carboxylic acids is 3. The number of unbranched alkanes of at least 4 members (excludes halogenated alkanes) is 22. The molecule has 0 bridgehead atoms. The van der Waals surface area contributed by atoms with Crippen LogP contribution in [0.5, 0.6) is 0 Å². The summed E-state index contributed by atoms with van der Waals surface area (Å²) < 4.78 is 22.7. The van der Waals surface area contributed by atoms with E-state index >= 15 is 0 Å². The lowest BCUT2D eigenvalue weighted by molar-refractivity contribution is -0.870. The van der Waals surface area contributed by atoms with Gasteiger partial charge in [-0.25, -0.2) is 0 Å². The van der Waals surface area contributed by atoms with Gasteiger partial charge in [0.05, 0.1) is 40.3 Å². The number of quaternary nitrogens is 1. The van der Waals surface area contributed by atoms with Crippen molar-refractivity contribution in [3.8, 4) is 0 Å². The van der Waals surface area contributed by atoms with Crippen molar-refractivity contribution < 1.29 is 42.9 Å². The van der Waals surface area contributed by atoms with E-state index in [0.717, 1.165) is 116 Å². The molecule has 0 aromatic heterocycles. The Kier molecular flexibility index (Phi) is 56.5. The molecule has 0 aliphatic rings. The van der Waals surface area contributed by atoms with Crippen molar-refractivity contribution in [3.05, 3.63) is 122 Å². The number of carboxylic acids is 1. The molecule has 9 heteroatoms. The molecule has 0 saturated carbocycles. The van der Waals surface area contributed by atoms with Crippen LogP contribution in [0.4, 0.5) is 0 Å². The molecule has 2 atom stereocenters. The molecule has 0 fully saturated rings. The van der Waals surface area contributed by atoms with Gasteiger partial charge in [-0.15, -0.1) is 0 Å². The van der Waals surface area contributed by atoms with Gasteiger partial charge in [-0.3, -0.25) is 9.59 Å². The minimum Gasteiger partial charge on any atom is -0.545 e. The van der Waals surface area contributed by atoms with E-state index in [2.05, 4.69) is 135 Å². The van der Waals surface area contributed by atoms with E-state index < -0.39 is 24.3 Å². The molecule has 0 aliphatic heterocycles. The fourth-order valence-corrected chi connectivity index (χ4v) is 8.35. The van der Waals surface area contributed by atoms with Gasteiger partial charge in [0, 0.05) is 12.8 Å². The second kappa shape index (κ2) is 59.8. The average molecular weight is 1100 g/mol. The molecule has 0 N–H and O–H groups in total. The van der Waals surface area contributed by atoms with Gasteiger partial charge in [-0.05, 0) is 109 Å². The van der Waals surface area contributed by atoms with Crippen molar-refractivity contribution in [1.29, 1.82) is 0 Å². The maximum Gasteiger partial charge on any atom is 0.306 e. The zero-order valence-corrected chi connectivity index (χ0v) is 51.2. The van der Waals surface area contributed by atoms with Crippen LogP contribution in [-0.4, -0.2) is 82.3 Å². The molecule has 0 heterocycles. The third-order valence-corrected chi connectivity index (χ3v) is 13.2. The molecule has 0 saturated heterocycles. The quantitative estimate of drug-likeness (QED) is 0.0195. The normalized spacial score (nSPS) is 13.6. The molecule has 2 unspecified atom stereocenters. The first-order valence-electron chi connectivity index (χ1n) is 31.7. The summed E-state index contributed by atoms with van der Waals surface area (Å²) in [5.41, 5.74) is 0. The summed E-state index contributed by atoms with van der Waals surface area (Å²) in [5.74, 6) is -2.30. The van der Waals surface area contributed by atoms with Crippen molar-refractivity contribution >= 4 is 17.9 Å². The molecule has 9 nitrogen and oxygen atoms in total. The SMILES string of the molecule is CC/C=C\C/C=C\C/C=C\C/C=C\C/C=C\C/C=C\C/C=C\C/C=C\C/C=C\CCCCCCCCCCCC(=O)OC(COC(=O)CCCCCCCCC/C=C\CCCCCCCC)COC(OCC[N+](C)(C)C)C(=O)[O-]. The largest absolute Gasteiger partial charge is 0.545 e. The monoisotopic (exact) mass is 1100 g/mol. The van der Waals surface area contributed by atoms with Crippen LogP contribution in [0.2, 0.25) is 0 Å². The highest BCUT2D eigenvalue weighted by molar-refractivity contribution is 5.70. The lowest BCUT2D eigenvalue weighted by atomic mass is 10.1. The van der Waals surface area contributed by atoms with Crippen LogP contribution in [0.1, 0.15) is 245 Å². The molecule has 450 valence electrons. The first-order valence-corrected chi connectivity index (χ1v) is 31.7. The Labute approximate surface area is 485 Å². The number of rotatable bonds is 57. The van der Waals surface area contributed by atoms with Gasteiger partial charge in [0.25, 0.3) is 0 Å². The van der Waals surface area contributed by atoms with E-state index in [0.29, 0.717) is 17.4 Å². The predicted molar refractivity (Wildman–Crippen MR) is 333 cm³/mol. The third kappa shape index (κ3) is 61.2. The molecule has 0 aliphatic carbocycles. The minimum atomic E-state index is -1.63. The van der Waals surface area contributed by atoms with Gasteiger partial charge in [0.2, 0.25) is 0 Å². The topological polar surface area (TPSA) is 111 Å². The standard InChI is InChI=1S/C70H117NO8/c1-6-8-10-12-14-16-18-20-22-24-25-26-27-28-29-30-31-32-33-34-35-36-37-38-39-40-41-42-43-45-47-49-51-53-55-57-59-61-68(73)79-66(65-78-70(69(74)75)76-63-62-71(3,4)5)64-77-67(72)60-58-56-54-52-50-48-46-44-23-21-19-17-15-13-11-9-7-2/h8,10,14,16,20-23,25-26,28-29,31-32,34-35,37-38,40-41,66,70H,6-7,9,11-13,15,17-19,24,27,30,33,36,39,42-65H2,1-5H3/b10-8-,16-14-,22-20-,23-21-,26-25-,29-28-,32-31-,35-34-,38-37-,41-40-. The number of carboxylic acid groups (broad SMARTS) is 1. The van der Waals surface area contributed by atoms with Crippen molar-refractivity contribution in [2.75, 3.05) is 47.5 Å². The summed E-state index contributed by atoms with van der Waals surface area (Å²) in [4.78, 5) is 37.3. The molecule has 0 radical (unpaired) electrons. The van der Waals surface area contributed by atoms with Crippen molar-refractivity contribution in [2.45, 2.75) is 257 Å². The van der Waals surface area contributed by atoms with E-state index in [9.17, 15) is 19.5 Å². The van der Waals surface area contributed by atoms with Gasteiger partial charge in [-0.2, -0.15) is 0 Å². The Balaban J connectivity index is 4.19. The highest BCUT2D eigenvalue weighted by Crippen LogP contribution is 2.15. The zero-order valence-electron chi connectivity index (χ0n) is 51.2. The number of aliphatic carboxylic acids is 1. The Morgan fingerprint density at radius 3 is 1.09 bits per heavy atom. The summed E-state index contributed by atoms with van der Waals surface area (Å²) in [7, 11) is 5.91. The first kappa shape index (κ1) is 74.7. The van der Waals surface area contributed by atoms with Crippen LogP contribution in [0.25, 0.3) is 0 Å². The zero-order chi connectivity index (χ0) is 57.6. The molecule has 0 aromatic carbocycles. The number of likely N-dealkylation sites (N-methyl/N-ethyl adjacent to an activating group) is 1. The Hall–Kier alpha value is -4.31. The molecule has 0 spiro atoms. The number of esters is 2. The molecule has 0 rings (SSSR count). The van der Waals surface area contributed by atoms with Crippen molar-refractivity contribution in [2.24, 2.45) is 0 Å². The number of allylic oxidation sites excluding steroid dienone is 20. The molecule has 0 amide bonds. The van der Waals surface area contributed by atoms with E-state index in [1.807, 2.05) is 21.1 Å². The average Bonchev–Trinajstić information content (AvgIpc) is 3.42. The smallest absolute Gasteiger partial charge is 0.306 e. The van der Waals surface area contributed by atoms with E-state index in [1.54, 1.807) is 0 Å². The van der Waals surface area contributed by atoms with Gasteiger partial charge in [0.1, 0.15) is 13.2 Å². The van der Waals surface area contributed by atoms with Gasteiger partial charge in [0.15, 0.2) is 12.4 Å². The fraction of sp³-hybridized carbons (Fsp3) is 0.671. The fourth-order valence-electron chi connectivity index (χ4n) is 8.35. The van der Waals surface area contributed by atoms with Crippen LogP contribution >= 0.6 is 0 Å². The van der Waals surface area contributed by atoms with Crippen LogP contribution in [0.15, 0.2) is 122 Å². The molecular weight excluding hydrogens is 983 g/mol. The van der Waals surface area contributed by atoms with Crippen molar-refractivity contribution in [3.63, 3.8) is 0 Å². The highest BCUT2D eigenvalue weighted by Gasteiger charge is 2.22. The number of hydrogen-bond acceptors (Lipinski definition) is 8. The number of nitrogens with zero attached hydrogens (tertiary/aromatic N) is 1. The van der Waals surface area contributed by atoms with Crippen molar-refractivity contribution in [1.82, 2.24) is 0 Å². The Morgan fingerprint density at radius 1 is 0.392 bits per heavy atom. The van der Waals surface area contributed by atoms with Gasteiger partial charge >= 0.3 is 11.9 Å². The van der Waals surface area contributed by atoms with Gasteiger partial charge in [-0.1, -0.05) is 245 Å². The van der Waals surface area contributed by atoms with E-state index in [4.69, 9.17) is 18.9 Å². The lowest BCUT2D eigenvalue weighted by Crippen LogP contribution is -2.44. The van der Waals surface area contributed by atoms with Gasteiger partial charge < -0.3 is 33.3 Å². The molecule has 0 aromatic rings. The highest BCUT2D eigenvalue weighted by atomic mass is 16.7. The summed E-state index contributed by atoms with van der Waals surface area (Å²) >= 11 is 0. The van der Waals surface area contributed by atoms with Crippen LogP contribution in [0.3, 0.4) is 0 Å². The second-order valence-electron chi connectivity index (χ2n) is 22.0. The lowest BCUT2D eigenvalue weighted by Gasteiger charge is -2.26. The third-order valence-electron chi connectivity index (χ3n) is 13.2. The first-order chi connectivity index (χ1) is 38.6. The maximum atomic E-state index is 12.9. The number of carbonyl (C=O) groups is 3. The van der Waals surface area contributed by atoms with Crippen LogP contribution < -0.4 is 5.11 Å². The Morgan fingerprint density at radius 2 is 0.722 bits per heavy atom. The minimum absolute atomic E-state index is 0.141. The number of ether oxygens (including phenoxy) is 4. The summed E-state index contributed by atoms with van der Waals surface area (Å²) in [6.45, 7) is 4.61. The van der Waals surface area contributed by atoms with Crippen LogP contribution in [0, 0.1) is 0 Å². The predicted octanol–water partition coefficient (Wildman–Crippen LogP) is 17.9.